The van der Waals surface area contributed by atoms with Gasteiger partial charge in [0, 0.05) is 19.0 Å². The van der Waals surface area contributed by atoms with Gasteiger partial charge in [0.2, 0.25) is 17.0 Å². The van der Waals surface area contributed by atoms with Gasteiger partial charge in [-0.1, -0.05) is 11.8 Å². The highest BCUT2D eigenvalue weighted by molar-refractivity contribution is 7.99. The fourth-order valence-electron chi connectivity index (χ4n) is 2.40. The van der Waals surface area contributed by atoms with E-state index in [0.29, 0.717) is 36.9 Å². The van der Waals surface area contributed by atoms with Crippen LogP contribution in [0.25, 0.3) is 5.78 Å². The van der Waals surface area contributed by atoms with Crippen molar-refractivity contribution in [3.05, 3.63) is 6.33 Å². The molecular formula is C11H16N8O2S. The Bertz CT molecular complexity index is 702. The summed E-state index contributed by atoms with van der Waals surface area (Å²) in [5.41, 5.74) is 5.28. The molecule has 1 fully saturated rings. The number of carbonyl (C=O) groups excluding carboxylic acids is 2. The van der Waals surface area contributed by atoms with Crippen molar-refractivity contribution < 1.29 is 9.59 Å². The highest BCUT2D eigenvalue weighted by atomic mass is 32.2. The maximum absolute atomic E-state index is 12.2. The number of amides is 2. The van der Waals surface area contributed by atoms with Crippen LogP contribution in [0.5, 0.6) is 0 Å². The summed E-state index contributed by atoms with van der Waals surface area (Å²) in [5.74, 6) is 5.84. The van der Waals surface area contributed by atoms with E-state index in [1.54, 1.807) is 4.90 Å². The second-order valence-corrected chi connectivity index (χ2v) is 6.02. The first-order valence-electron chi connectivity index (χ1n) is 6.80. The van der Waals surface area contributed by atoms with Crippen LogP contribution in [-0.2, 0) is 9.59 Å². The SMILES string of the molecule is NC(=O)C1CCN(C(=O)CSc2nnc3n(N)cnn23)CC1. The van der Waals surface area contributed by atoms with Crippen molar-refractivity contribution in [3.8, 4) is 0 Å². The standard InChI is InChI=1S/C11H16N8O2S/c12-9(21)7-1-3-17(4-2-7)8(20)5-22-11-16-15-10-18(13)6-14-19(10)11/h6-7H,1-5,13H2,(H2,12,21). The van der Waals surface area contributed by atoms with Gasteiger partial charge < -0.3 is 16.5 Å². The second-order valence-electron chi connectivity index (χ2n) is 5.08. The van der Waals surface area contributed by atoms with Crippen LogP contribution in [0.4, 0.5) is 0 Å². The average molecular weight is 324 g/mol. The third-order valence-corrected chi connectivity index (χ3v) is 4.60. The van der Waals surface area contributed by atoms with E-state index >= 15 is 0 Å². The van der Waals surface area contributed by atoms with Crippen LogP contribution >= 0.6 is 11.8 Å². The maximum Gasteiger partial charge on any atom is 0.273 e. The maximum atomic E-state index is 12.2. The van der Waals surface area contributed by atoms with Gasteiger partial charge in [0.05, 0.1) is 5.75 Å². The monoisotopic (exact) mass is 324 g/mol. The number of carbonyl (C=O) groups is 2. The second kappa shape index (κ2) is 5.83. The lowest BCUT2D eigenvalue weighted by molar-refractivity contribution is -0.132. The molecule has 0 aromatic carbocycles. The fraction of sp³-hybridized carbons (Fsp3) is 0.545. The zero-order valence-corrected chi connectivity index (χ0v) is 12.6. The number of fused-ring (bicyclic) bond motifs is 1. The number of nitrogens with zero attached hydrogens (tertiary/aromatic N) is 6. The van der Waals surface area contributed by atoms with E-state index in [2.05, 4.69) is 15.3 Å². The van der Waals surface area contributed by atoms with Crippen LogP contribution in [0, 0.1) is 5.92 Å². The molecule has 11 heteroatoms. The molecule has 0 aliphatic carbocycles. The Balaban J connectivity index is 1.55. The molecule has 0 unspecified atom stereocenters. The van der Waals surface area contributed by atoms with Crippen molar-refractivity contribution in [2.24, 2.45) is 11.7 Å². The number of thioether (sulfide) groups is 1. The summed E-state index contributed by atoms with van der Waals surface area (Å²) in [4.78, 5) is 25.1. The van der Waals surface area contributed by atoms with Gasteiger partial charge in [-0.2, -0.15) is 9.61 Å². The molecule has 10 nitrogen and oxygen atoms in total. The Morgan fingerprint density at radius 3 is 2.73 bits per heavy atom. The molecule has 0 atom stereocenters. The zero-order chi connectivity index (χ0) is 15.7. The van der Waals surface area contributed by atoms with Crippen molar-refractivity contribution >= 4 is 29.4 Å². The van der Waals surface area contributed by atoms with E-state index in [0.717, 1.165) is 0 Å². The molecule has 118 valence electrons. The van der Waals surface area contributed by atoms with Crippen molar-refractivity contribution in [2.75, 3.05) is 24.7 Å². The summed E-state index contributed by atoms with van der Waals surface area (Å²) in [6.45, 7) is 1.11. The van der Waals surface area contributed by atoms with E-state index in [9.17, 15) is 9.59 Å². The van der Waals surface area contributed by atoms with E-state index in [1.165, 1.54) is 27.3 Å². The molecule has 0 radical (unpaired) electrons. The minimum Gasteiger partial charge on any atom is -0.369 e. The largest absolute Gasteiger partial charge is 0.369 e. The molecule has 4 N–H and O–H groups in total. The Labute approximate surface area is 129 Å². The Morgan fingerprint density at radius 2 is 2.05 bits per heavy atom. The highest BCUT2D eigenvalue weighted by Crippen LogP contribution is 2.20. The summed E-state index contributed by atoms with van der Waals surface area (Å²) >= 11 is 1.25. The third-order valence-electron chi connectivity index (χ3n) is 3.69. The summed E-state index contributed by atoms with van der Waals surface area (Å²) in [5, 5.41) is 12.4. The Morgan fingerprint density at radius 1 is 1.32 bits per heavy atom. The van der Waals surface area contributed by atoms with Gasteiger partial charge in [-0.3, -0.25) is 9.59 Å². The minimum absolute atomic E-state index is 0.00292. The van der Waals surface area contributed by atoms with Crippen LogP contribution in [0.15, 0.2) is 11.5 Å². The van der Waals surface area contributed by atoms with Crippen molar-refractivity contribution in [1.29, 1.82) is 0 Å². The molecule has 0 saturated carbocycles. The van der Waals surface area contributed by atoms with Gasteiger partial charge in [-0.15, -0.1) is 10.2 Å². The van der Waals surface area contributed by atoms with Crippen molar-refractivity contribution in [1.82, 2.24) is 29.4 Å². The predicted molar refractivity (Wildman–Crippen MR) is 78.1 cm³/mol. The number of primary amides is 1. The zero-order valence-electron chi connectivity index (χ0n) is 11.8. The molecule has 1 aliphatic heterocycles. The molecule has 22 heavy (non-hydrogen) atoms. The number of rotatable bonds is 4. The molecule has 2 aromatic rings. The normalized spacial score (nSPS) is 16.3. The fourth-order valence-corrected chi connectivity index (χ4v) is 3.18. The summed E-state index contributed by atoms with van der Waals surface area (Å²) in [7, 11) is 0. The van der Waals surface area contributed by atoms with E-state index in [-0.39, 0.29) is 23.5 Å². The first kappa shape index (κ1) is 14.6. The number of likely N-dealkylation sites (tertiary alicyclic amines) is 1. The molecule has 0 spiro atoms. The number of nitrogens with two attached hydrogens (primary N) is 2. The van der Waals surface area contributed by atoms with Crippen LogP contribution in [0.1, 0.15) is 12.8 Å². The lowest BCUT2D eigenvalue weighted by Crippen LogP contribution is -2.42. The van der Waals surface area contributed by atoms with Gasteiger partial charge in [-0.05, 0) is 12.8 Å². The van der Waals surface area contributed by atoms with E-state index in [4.69, 9.17) is 11.6 Å². The third kappa shape index (κ3) is 2.71. The summed E-state index contributed by atoms with van der Waals surface area (Å²) in [6.07, 6.45) is 2.67. The number of piperidine rings is 1. The van der Waals surface area contributed by atoms with Crippen molar-refractivity contribution in [3.63, 3.8) is 0 Å². The van der Waals surface area contributed by atoms with Crippen LogP contribution < -0.4 is 11.6 Å². The number of hydrogen-bond donors (Lipinski definition) is 2. The van der Waals surface area contributed by atoms with E-state index < -0.39 is 0 Å². The average Bonchev–Trinajstić information content (AvgIpc) is 3.08. The van der Waals surface area contributed by atoms with Crippen LogP contribution in [0.3, 0.4) is 0 Å². The van der Waals surface area contributed by atoms with Crippen LogP contribution in [0.2, 0.25) is 0 Å². The van der Waals surface area contributed by atoms with Gasteiger partial charge in [-0.25, -0.2) is 4.68 Å². The molecule has 0 bridgehead atoms. The minimum atomic E-state index is -0.287. The smallest absolute Gasteiger partial charge is 0.273 e. The molecule has 2 amide bonds. The first-order valence-corrected chi connectivity index (χ1v) is 7.78. The van der Waals surface area contributed by atoms with Crippen molar-refractivity contribution in [2.45, 2.75) is 18.0 Å². The number of aromatic nitrogens is 5. The molecule has 3 heterocycles. The topological polar surface area (TPSA) is 137 Å². The van der Waals surface area contributed by atoms with Gasteiger partial charge in [0.15, 0.2) is 0 Å². The Hall–Kier alpha value is -2.30. The number of nitrogen functional groups attached to an aromatic ring is 1. The Kier molecular flexibility index (Phi) is 3.88. The molecule has 2 aromatic heterocycles. The molecule has 1 aliphatic rings. The van der Waals surface area contributed by atoms with E-state index in [1.807, 2.05) is 0 Å². The van der Waals surface area contributed by atoms with Gasteiger partial charge >= 0.3 is 0 Å². The molecule has 1 saturated heterocycles. The van der Waals surface area contributed by atoms with Crippen LogP contribution in [-0.4, -0.2) is 60.0 Å². The lowest BCUT2D eigenvalue weighted by atomic mass is 9.96. The quantitative estimate of drug-likeness (QED) is 0.513. The number of hydrogen-bond acceptors (Lipinski definition) is 7. The summed E-state index contributed by atoms with van der Waals surface area (Å²) in [6, 6.07) is 0. The lowest BCUT2D eigenvalue weighted by Gasteiger charge is -2.30. The molecular weight excluding hydrogens is 308 g/mol. The predicted octanol–water partition coefficient (Wildman–Crippen LogP) is -1.54. The first-order chi connectivity index (χ1) is 10.6. The summed E-state index contributed by atoms with van der Waals surface area (Å²) < 4.78 is 2.74. The van der Waals surface area contributed by atoms with Gasteiger partial charge in [0.1, 0.15) is 6.33 Å². The molecule has 3 rings (SSSR count). The highest BCUT2D eigenvalue weighted by Gasteiger charge is 2.26. The van der Waals surface area contributed by atoms with Gasteiger partial charge in [0.25, 0.3) is 5.78 Å².